The minimum Gasteiger partial charge on any atom is -0.462 e. The number of nitrogens with one attached hydrogen (secondary N) is 1. The van der Waals surface area contributed by atoms with E-state index in [1.54, 1.807) is 0 Å². The van der Waals surface area contributed by atoms with E-state index in [-0.39, 0.29) is 28.8 Å². The third-order valence-corrected chi connectivity index (χ3v) is 8.21. The Morgan fingerprint density at radius 3 is 2.72 bits per heavy atom. The number of amides is 1. The first-order valence-electron chi connectivity index (χ1n) is 10.0. The van der Waals surface area contributed by atoms with Gasteiger partial charge in [0.15, 0.2) is 0 Å². The summed E-state index contributed by atoms with van der Waals surface area (Å²) in [5.41, 5.74) is 1.67. The molecule has 0 aromatic carbocycles. The average Bonchev–Trinajstić information content (AvgIpc) is 2.77. The van der Waals surface area contributed by atoms with E-state index in [1.807, 2.05) is 6.08 Å². The van der Waals surface area contributed by atoms with Crippen molar-refractivity contribution in [2.24, 2.45) is 28.6 Å². The number of hydrogen-bond donors (Lipinski definition) is 1. The highest BCUT2D eigenvalue weighted by Gasteiger charge is 2.59. The fourth-order valence-corrected chi connectivity index (χ4v) is 6.91. The van der Waals surface area contributed by atoms with E-state index < -0.39 is 0 Å². The Balaban J connectivity index is 1.63. The summed E-state index contributed by atoms with van der Waals surface area (Å²) < 4.78 is 5.72. The van der Waals surface area contributed by atoms with Gasteiger partial charge in [0.05, 0.1) is 0 Å². The molecular weight excluding hydrogens is 314 g/mol. The van der Waals surface area contributed by atoms with E-state index >= 15 is 0 Å². The number of carbonyl (C=O) groups is 2. The third kappa shape index (κ3) is 2.55. The average molecular weight is 345 g/mol. The zero-order valence-electron chi connectivity index (χ0n) is 15.8. The zero-order valence-corrected chi connectivity index (χ0v) is 15.8. The van der Waals surface area contributed by atoms with Gasteiger partial charge < -0.3 is 10.1 Å². The van der Waals surface area contributed by atoms with Crippen LogP contribution in [0.3, 0.4) is 0 Å². The van der Waals surface area contributed by atoms with Gasteiger partial charge in [0.1, 0.15) is 6.10 Å². The molecule has 3 aliphatic carbocycles. The van der Waals surface area contributed by atoms with Crippen molar-refractivity contribution in [1.29, 1.82) is 0 Å². The van der Waals surface area contributed by atoms with Gasteiger partial charge in [-0.15, -0.1) is 0 Å². The summed E-state index contributed by atoms with van der Waals surface area (Å²) in [5.74, 6) is 1.97. The molecule has 3 saturated carbocycles. The Morgan fingerprint density at radius 2 is 1.96 bits per heavy atom. The zero-order chi connectivity index (χ0) is 17.8. The Morgan fingerprint density at radius 1 is 1.16 bits per heavy atom. The van der Waals surface area contributed by atoms with Gasteiger partial charge in [-0.3, -0.25) is 9.59 Å². The summed E-state index contributed by atoms with van der Waals surface area (Å²) >= 11 is 0. The van der Waals surface area contributed by atoms with Crippen molar-refractivity contribution in [3.8, 4) is 0 Å². The maximum atomic E-state index is 12.0. The van der Waals surface area contributed by atoms with Gasteiger partial charge in [0.25, 0.3) is 0 Å². The van der Waals surface area contributed by atoms with E-state index in [1.165, 1.54) is 31.8 Å². The lowest BCUT2D eigenvalue weighted by Gasteiger charge is -2.56. The van der Waals surface area contributed by atoms with E-state index in [0.717, 1.165) is 32.2 Å². The first-order chi connectivity index (χ1) is 11.8. The van der Waals surface area contributed by atoms with Crippen molar-refractivity contribution in [2.45, 2.75) is 71.8 Å². The molecule has 4 rings (SSSR count). The minimum atomic E-state index is -0.136. The van der Waals surface area contributed by atoms with Crippen LogP contribution in [-0.2, 0) is 14.3 Å². The number of fused-ring (bicyclic) bond motifs is 5. The largest absolute Gasteiger partial charge is 0.462 e. The van der Waals surface area contributed by atoms with Crippen LogP contribution < -0.4 is 5.32 Å². The highest BCUT2D eigenvalue weighted by atomic mass is 16.5. The molecule has 1 aliphatic heterocycles. The SMILES string of the molecule is CC(=O)O[C@H]1CC[C@H]2[C@@H]3CCC4=CC(=O)NCC[C@]4(C)[C@H]3CC[C@]12C. The van der Waals surface area contributed by atoms with Crippen LogP contribution in [0.4, 0.5) is 0 Å². The fourth-order valence-electron chi connectivity index (χ4n) is 6.91. The predicted octanol–water partition coefficient (Wildman–Crippen LogP) is 3.61. The number of esters is 1. The van der Waals surface area contributed by atoms with Crippen molar-refractivity contribution in [3.05, 3.63) is 11.6 Å². The van der Waals surface area contributed by atoms with Crippen LogP contribution in [0.25, 0.3) is 0 Å². The molecular formula is C21H31NO3. The van der Waals surface area contributed by atoms with Crippen LogP contribution >= 0.6 is 0 Å². The molecule has 0 spiro atoms. The summed E-state index contributed by atoms with van der Waals surface area (Å²) in [6.45, 7) is 7.09. The highest BCUT2D eigenvalue weighted by Crippen LogP contribution is 2.65. The van der Waals surface area contributed by atoms with Crippen LogP contribution in [-0.4, -0.2) is 24.5 Å². The molecule has 1 heterocycles. The lowest BCUT2D eigenvalue weighted by atomic mass is 9.48. The molecule has 0 bridgehead atoms. The predicted molar refractivity (Wildman–Crippen MR) is 95.6 cm³/mol. The lowest BCUT2D eigenvalue weighted by molar-refractivity contribution is -0.157. The molecule has 4 aliphatic rings. The number of allylic oxidation sites excluding steroid dienone is 1. The van der Waals surface area contributed by atoms with Crippen molar-refractivity contribution >= 4 is 11.9 Å². The van der Waals surface area contributed by atoms with Crippen LogP contribution in [0.1, 0.15) is 65.7 Å². The van der Waals surface area contributed by atoms with Crippen molar-refractivity contribution in [2.75, 3.05) is 6.54 Å². The summed E-state index contributed by atoms with van der Waals surface area (Å²) in [4.78, 5) is 23.5. The summed E-state index contributed by atoms with van der Waals surface area (Å²) in [6, 6.07) is 0. The maximum Gasteiger partial charge on any atom is 0.302 e. The van der Waals surface area contributed by atoms with Crippen molar-refractivity contribution in [1.82, 2.24) is 5.32 Å². The molecule has 0 unspecified atom stereocenters. The van der Waals surface area contributed by atoms with Gasteiger partial charge in [0.2, 0.25) is 5.91 Å². The van der Waals surface area contributed by atoms with Gasteiger partial charge in [-0.1, -0.05) is 19.4 Å². The smallest absolute Gasteiger partial charge is 0.302 e. The standard InChI is InChI=1S/C21H31NO3/c1-13(23)25-18-7-6-16-15-5-4-14-12-19(24)22-11-10-20(14,2)17(15)8-9-21(16,18)3/h12,15-18H,4-11H2,1-3H3,(H,22,24)/t15-,16-,17-,18-,20-,21-/m0/s1. The quantitative estimate of drug-likeness (QED) is 0.739. The van der Waals surface area contributed by atoms with E-state index in [0.29, 0.717) is 17.8 Å². The van der Waals surface area contributed by atoms with Crippen LogP contribution in [0, 0.1) is 28.6 Å². The number of carbonyl (C=O) groups excluding carboxylic acids is 2. The third-order valence-electron chi connectivity index (χ3n) is 8.21. The van der Waals surface area contributed by atoms with Gasteiger partial charge in [0, 0.05) is 25.0 Å². The number of rotatable bonds is 1. The molecule has 4 nitrogen and oxygen atoms in total. The summed E-state index contributed by atoms with van der Waals surface area (Å²) in [7, 11) is 0. The van der Waals surface area contributed by atoms with E-state index in [9.17, 15) is 9.59 Å². The van der Waals surface area contributed by atoms with Gasteiger partial charge in [-0.25, -0.2) is 0 Å². The fraction of sp³-hybridized carbons (Fsp3) is 0.810. The number of ether oxygens (including phenoxy) is 1. The Labute approximate surface area is 150 Å². The lowest BCUT2D eigenvalue weighted by Crippen LogP contribution is -2.51. The van der Waals surface area contributed by atoms with Crippen LogP contribution in [0.15, 0.2) is 11.6 Å². The number of hydrogen-bond acceptors (Lipinski definition) is 3. The molecule has 0 radical (unpaired) electrons. The van der Waals surface area contributed by atoms with Gasteiger partial charge in [-0.05, 0) is 68.1 Å². The Kier molecular flexibility index (Phi) is 4.01. The Bertz CT molecular complexity index is 627. The molecule has 25 heavy (non-hydrogen) atoms. The molecule has 4 heteroatoms. The van der Waals surface area contributed by atoms with Crippen molar-refractivity contribution in [3.63, 3.8) is 0 Å². The van der Waals surface area contributed by atoms with Crippen LogP contribution in [0.2, 0.25) is 0 Å². The molecule has 138 valence electrons. The van der Waals surface area contributed by atoms with E-state index in [4.69, 9.17) is 4.74 Å². The topological polar surface area (TPSA) is 55.4 Å². The molecule has 0 aromatic rings. The minimum absolute atomic E-state index is 0.0913. The second-order valence-corrected chi connectivity index (χ2v) is 9.26. The molecule has 3 fully saturated rings. The summed E-state index contributed by atoms with van der Waals surface area (Å²) in [5, 5.41) is 3.03. The summed E-state index contributed by atoms with van der Waals surface area (Å²) in [6.07, 6.45) is 9.82. The molecule has 1 N–H and O–H groups in total. The van der Waals surface area contributed by atoms with E-state index in [2.05, 4.69) is 19.2 Å². The second kappa shape index (κ2) is 5.85. The maximum absolute atomic E-state index is 12.0. The first-order valence-corrected chi connectivity index (χ1v) is 10.0. The van der Waals surface area contributed by atoms with Crippen LogP contribution in [0.5, 0.6) is 0 Å². The monoisotopic (exact) mass is 345 g/mol. The molecule has 6 atom stereocenters. The normalized spacial score (nSPS) is 46.0. The van der Waals surface area contributed by atoms with Gasteiger partial charge >= 0.3 is 5.97 Å². The molecule has 1 amide bonds. The molecule has 0 aromatic heterocycles. The highest BCUT2D eigenvalue weighted by molar-refractivity contribution is 5.88. The Hall–Kier alpha value is -1.32. The van der Waals surface area contributed by atoms with Gasteiger partial charge in [-0.2, -0.15) is 0 Å². The second-order valence-electron chi connectivity index (χ2n) is 9.26. The first kappa shape index (κ1) is 17.1. The van der Waals surface area contributed by atoms with Crippen molar-refractivity contribution < 1.29 is 14.3 Å². The molecule has 0 saturated heterocycles.